The second-order valence-corrected chi connectivity index (χ2v) is 13.5. The summed E-state index contributed by atoms with van der Waals surface area (Å²) in [6, 6.07) is 59.0. The molecule has 4 aromatic heterocycles. The Balaban J connectivity index is 1.10. The lowest BCUT2D eigenvalue weighted by Gasteiger charge is -2.12. The molecule has 0 aliphatic rings. The first kappa shape index (κ1) is 30.2. The van der Waals surface area contributed by atoms with E-state index in [1.54, 1.807) is 6.20 Å². The molecule has 6 nitrogen and oxygen atoms in total. The van der Waals surface area contributed by atoms with Crippen LogP contribution in [0.15, 0.2) is 180 Å². The Morgan fingerprint density at radius 3 is 1.89 bits per heavy atom. The van der Waals surface area contributed by atoms with Crippen molar-refractivity contribution in [2.45, 2.75) is 0 Å². The Morgan fingerprint density at radius 1 is 0.407 bits per heavy atom. The summed E-state index contributed by atoms with van der Waals surface area (Å²) in [6.45, 7) is 0. The van der Waals surface area contributed by atoms with Crippen LogP contribution >= 0.6 is 0 Å². The normalized spacial score (nSPS) is 11.7. The zero-order chi connectivity index (χ0) is 35.6. The molecular weight excluding hydrogens is 663 g/mol. The molecule has 0 saturated carbocycles. The third-order valence-electron chi connectivity index (χ3n) is 10.3. The van der Waals surface area contributed by atoms with Gasteiger partial charge in [0, 0.05) is 55.5 Å². The summed E-state index contributed by atoms with van der Waals surface area (Å²) in [4.78, 5) is 19.8. The van der Waals surface area contributed by atoms with Crippen LogP contribution in [0.2, 0.25) is 0 Å². The quantitative estimate of drug-likeness (QED) is 0.180. The van der Waals surface area contributed by atoms with Gasteiger partial charge in [-0.15, -0.1) is 0 Å². The standard InChI is InChI=1S/C48H29N5O/c1-2-10-30(11-3-1)31-19-21-33(22-20-31)45-50-46(52-47(51-45)35-24-25-39-41-17-9-27-49-48(41)54-43(39)29-35)34-13-8-14-36(28-34)53-42-18-7-6-16-38(42)40-26-23-32-12-4-5-15-37(32)44(40)53/h1-29H. The topological polar surface area (TPSA) is 69.6 Å². The van der Waals surface area contributed by atoms with Crippen molar-refractivity contribution in [3.8, 4) is 51.0 Å². The molecule has 0 atom stereocenters. The Bertz CT molecular complexity index is 3220. The molecule has 11 rings (SSSR count). The predicted octanol–water partition coefficient (Wildman–Crippen LogP) is 12.1. The van der Waals surface area contributed by atoms with Crippen LogP contribution in [0.3, 0.4) is 0 Å². The SMILES string of the molecule is c1ccc(-c2ccc(-c3nc(-c4cccc(-n5c6ccccc6c6ccc7ccccc7c65)c4)nc(-c4ccc5c(c4)oc4ncccc45)n3)cc2)cc1. The van der Waals surface area contributed by atoms with Crippen molar-refractivity contribution >= 4 is 54.6 Å². The maximum absolute atomic E-state index is 6.17. The second kappa shape index (κ2) is 12.1. The van der Waals surface area contributed by atoms with Crippen LogP contribution in [0.5, 0.6) is 0 Å². The number of hydrogen-bond donors (Lipinski definition) is 0. The molecule has 0 aliphatic carbocycles. The van der Waals surface area contributed by atoms with Crippen LogP contribution in [-0.4, -0.2) is 24.5 Å². The molecular formula is C48H29N5O. The molecule has 6 heteroatoms. The Morgan fingerprint density at radius 2 is 1.04 bits per heavy atom. The van der Waals surface area contributed by atoms with Crippen molar-refractivity contribution < 1.29 is 4.42 Å². The Labute approximate surface area is 309 Å². The molecule has 252 valence electrons. The van der Waals surface area contributed by atoms with Crippen molar-refractivity contribution in [2.75, 3.05) is 0 Å². The summed E-state index contributed by atoms with van der Waals surface area (Å²) in [5.74, 6) is 1.74. The molecule has 54 heavy (non-hydrogen) atoms. The van der Waals surface area contributed by atoms with E-state index in [1.807, 2.05) is 30.3 Å². The van der Waals surface area contributed by atoms with E-state index in [-0.39, 0.29) is 0 Å². The van der Waals surface area contributed by atoms with E-state index in [0.717, 1.165) is 55.4 Å². The third kappa shape index (κ3) is 4.89. The van der Waals surface area contributed by atoms with Crippen LogP contribution in [0.4, 0.5) is 0 Å². The average Bonchev–Trinajstić information content (AvgIpc) is 3.80. The van der Waals surface area contributed by atoms with Gasteiger partial charge in [0.1, 0.15) is 5.58 Å². The van der Waals surface area contributed by atoms with Gasteiger partial charge in [-0.2, -0.15) is 0 Å². The molecule has 4 heterocycles. The summed E-state index contributed by atoms with van der Waals surface area (Å²) in [5, 5.41) is 6.81. The fourth-order valence-electron chi connectivity index (χ4n) is 7.74. The molecule has 0 radical (unpaired) electrons. The van der Waals surface area contributed by atoms with Gasteiger partial charge in [0.2, 0.25) is 5.71 Å². The predicted molar refractivity (Wildman–Crippen MR) is 218 cm³/mol. The number of para-hydroxylation sites is 1. The van der Waals surface area contributed by atoms with Crippen LogP contribution in [0, 0.1) is 0 Å². The van der Waals surface area contributed by atoms with Crippen molar-refractivity contribution in [2.24, 2.45) is 0 Å². The van der Waals surface area contributed by atoms with Gasteiger partial charge in [0.05, 0.1) is 11.0 Å². The maximum atomic E-state index is 6.17. The smallest absolute Gasteiger partial charge is 0.227 e. The highest BCUT2D eigenvalue weighted by atomic mass is 16.3. The minimum atomic E-state index is 0.561. The second-order valence-electron chi connectivity index (χ2n) is 13.5. The first-order chi connectivity index (χ1) is 26.7. The molecule has 0 unspecified atom stereocenters. The van der Waals surface area contributed by atoms with Crippen molar-refractivity contribution in [1.82, 2.24) is 24.5 Å². The minimum absolute atomic E-state index is 0.561. The lowest BCUT2D eigenvalue weighted by atomic mass is 10.0. The fourth-order valence-corrected chi connectivity index (χ4v) is 7.74. The summed E-state index contributed by atoms with van der Waals surface area (Å²) < 4.78 is 8.54. The molecule has 0 aliphatic heterocycles. The van der Waals surface area contributed by atoms with Crippen molar-refractivity contribution in [3.63, 3.8) is 0 Å². The van der Waals surface area contributed by atoms with Gasteiger partial charge in [0.15, 0.2) is 17.5 Å². The van der Waals surface area contributed by atoms with Crippen LogP contribution in [0.25, 0.3) is 106 Å². The number of hydrogen-bond acceptors (Lipinski definition) is 5. The van der Waals surface area contributed by atoms with Gasteiger partial charge in [0.25, 0.3) is 0 Å². The number of rotatable bonds is 5. The number of furan rings is 1. The highest BCUT2D eigenvalue weighted by Gasteiger charge is 2.18. The summed E-state index contributed by atoms with van der Waals surface area (Å²) in [6.07, 6.45) is 1.75. The van der Waals surface area contributed by atoms with Gasteiger partial charge in [-0.25, -0.2) is 19.9 Å². The molecule has 7 aromatic carbocycles. The van der Waals surface area contributed by atoms with Crippen LogP contribution in [-0.2, 0) is 0 Å². The highest BCUT2D eigenvalue weighted by Crippen LogP contribution is 2.38. The van der Waals surface area contributed by atoms with E-state index in [0.29, 0.717) is 23.2 Å². The minimum Gasteiger partial charge on any atom is -0.438 e. The molecule has 11 aromatic rings. The molecule has 0 fully saturated rings. The molecule has 0 amide bonds. The van der Waals surface area contributed by atoms with Crippen molar-refractivity contribution in [3.05, 3.63) is 176 Å². The number of pyridine rings is 1. The van der Waals surface area contributed by atoms with Gasteiger partial charge >= 0.3 is 0 Å². The van der Waals surface area contributed by atoms with E-state index in [9.17, 15) is 0 Å². The Kier molecular flexibility index (Phi) is 6.75. The molecule has 0 N–H and O–H groups in total. The largest absolute Gasteiger partial charge is 0.438 e. The van der Waals surface area contributed by atoms with E-state index in [2.05, 4.69) is 149 Å². The number of benzene rings is 7. The van der Waals surface area contributed by atoms with E-state index < -0.39 is 0 Å². The summed E-state index contributed by atoms with van der Waals surface area (Å²) in [7, 11) is 0. The van der Waals surface area contributed by atoms with Crippen LogP contribution < -0.4 is 0 Å². The maximum Gasteiger partial charge on any atom is 0.227 e. The number of nitrogens with zero attached hydrogens (tertiary/aromatic N) is 5. The average molecular weight is 692 g/mol. The zero-order valence-corrected chi connectivity index (χ0v) is 28.9. The first-order valence-electron chi connectivity index (χ1n) is 18.0. The third-order valence-corrected chi connectivity index (χ3v) is 10.3. The van der Waals surface area contributed by atoms with E-state index in [1.165, 1.54) is 27.1 Å². The van der Waals surface area contributed by atoms with E-state index >= 15 is 0 Å². The molecule has 0 saturated heterocycles. The van der Waals surface area contributed by atoms with Crippen LogP contribution in [0.1, 0.15) is 0 Å². The lowest BCUT2D eigenvalue weighted by Crippen LogP contribution is -2.01. The number of aromatic nitrogens is 5. The van der Waals surface area contributed by atoms with Crippen molar-refractivity contribution in [1.29, 1.82) is 0 Å². The lowest BCUT2D eigenvalue weighted by molar-refractivity contribution is 0.654. The number of fused-ring (bicyclic) bond motifs is 8. The summed E-state index contributed by atoms with van der Waals surface area (Å²) in [5.41, 5.74) is 9.60. The van der Waals surface area contributed by atoms with Gasteiger partial charge < -0.3 is 8.98 Å². The van der Waals surface area contributed by atoms with E-state index in [4.69, 9.17) is 19.4 Å². The summed E-state index contributed by atoms with van der Waals surface area (Å²) >= 11 is 0. The zero-order valence-electron chi connectivity index (χ0n) is 28.9. The monoisotopic (exact) mass is 691 g/mol. The first-order valence-corrected chi connectivity index (χ1v) is 18.0. The van der Waals surface area contributed by atoms with Gasteiger partial charge in [-0.05, 0) is 59.0 Å². The molecule has 0 spiro atoms. The van der Waals surface area contributed by atoms with Gasteiger partial charge in [-0.1, -0.05) is 127 Å². The highest BCUT2D eigenvalue weighted by molar-refractivity contribution is 6.18. The Hall–Kier alpha value is -7.44. The molecule has 0 bridgehead atoms. The fraction of sp³-hybridized carbons (Fsp3) is 0. The van der Waals surface area contributed by atoms with Gasteiger partial charge in [-0.3, -0.25) is 0 Å².